The lowest BCUT2D eigenvalue weighted by atomic mass is 9.96. The van der Waals surface area contributed by atoms with E-state index >= 15 is 0 Å². The number of benzene rings is 11. The van der Waals surface area contributed by atoms with Gasteiger partial charge in [0.25, 0.3) is 0 Å². The molecule has 16 aromatic rings. The van der Waals surface area contributed by atoms with Crippen molar-refractivity contribution in [2.75, 3.05) is 0 Å². The van der Waals surface area contributed by atoms with Crippen molar-refractivity contribution < 1.29 is 0 Å². The Morgan fingerprint density at radius 3 is 1.29 bits per heavy atom. The van der Waals surface area contributed by atoms with Crippen LogP contribution in [0.2, 0.25) is 0 Å². The maximum absolute atomic E-state index is 5.60. The van der Waals surface area contributed by atoms with Gasteiger partial charge in [0.1, 0.15) is 0 Å². The van der Waals surface area contributed by atoms with Gasteiger partial charge in [0.15, 0.2) is 17.5 Å². The van der Waals surface area contributed by atoms with Crippen LogP contribution >= 0.6 is 34.0 Å². The molecule has 0 aliphatic heterocycles. The second-order valence-corrected chi connectivity index (χ2v) is 21.9. The molecule has 334 valence electrons. The van der Waals surface area contributed by atoms with Crippen LogP contribution in [0.15, 0.2) is 218 Å². The van der Waals surface area contributed by atoms with E-state index in [0.29, 0.717) is 17.5 Å². The van der Waals surface area contributed by atoms with E-state index in [4.69, 9.17) is 15.0 Å². The molecule has 0 saturated carbocycles. The van der Waals surface area contributed by atoms with Crippen molar-refractivity contribution in [1.29, 1.82) is 0 Å². The molecule has 0 radical (unpaired) electrons. The molecule has 4 nitrogen and oxygen atoms in total. The van der Waals surface area contributed by atoms with Gasteiger partial charge in [-0.05, 0) is 118 Å². The van der Waals surface area contributed by atoms with Crippen LogP contribution in [0, 0.1) is 0 Å². The molecule has 0 saturated heterocycles. The van der Waals surface area contributed by atoms with Crippen molar-refractivity contribution >= 4 is 138 Å². The molecule has 5 heterocycles. The van der Waals surface area contributed by atoms with Crippen LogP contribution in [0.3, 0.4) is 0 Å². The minimum absolute atomic E-state index is 0.624. The zero-order valence-electron chi connectivity index (χ0n) is 38.3. The van der Waals surface area contributed by atoms with E-state index in [1.807, 2.05) is 34.0 Å². The lowest BCUT2D eigenvalue weighted by molar-refractivity contribution is 1.08. The number of hydrogen-bond donors (Lipinski definition) is 0. The number of fused-ring (bicyclic) bond motifs is 14. The molecule has 0 spiro atoms. The van der Waals surface area contributed by atoms with E-state index in [-0.39, 0.29) is 0 Å². The number of nitrogens with zero attached hydrogens (tertiary/aromatic N) is 4. The predicted molar refractivity (Wildman–Crippen MR) is 310 cm³/mol. The highest BCUT2D eigenvalue weighted by Gasteiger charge is 2.23. The van der Waals surface area contributed by atoms with Crippen LogP contribution in [-0.2, 0) is 0 Å². The van der Waals surface area contributed by atoms with Gasteiger partial charge < -0.3 is 4.57 Å². The largest absolute Gasteiger partial charge is 0.309 e. The first-order valence-electron chi connectivity index (χ1n) is 24.1. The molecule has 0 aliphatic carbocycles. The minimum atomic E-state index is 0.624. The van der Waals surface area contributed by atoms with Crippen LogP contribution in [-0.4, -0.2) is 19.5 Å². The van der Waals surface area contributed by atoms with Gasteiger partial charge in [-0.2, -0.15) is 0 Å². The molecule has 0 amide bonds. The zero-order valence-corrected chi connectivity index (χ0v) is 40.7. The Morgan fingerprint density at radius 2 is 0.722 bits per heavy atom. The average molecular weight is 969 g/mol. The Kier molecular flexibility index (Phi) is 8.62. The molecular weight excluding hydrogens is 933 g/mol. The van der Waals surface area contributed by atoms with Gasteiger partial charge in [-0.1, -0.05) is 133 Å². The van der Waals surface area contributed by atoms with E-state index in [9.17, 15) is 0 Å². The van der Waals surface area contributed by atoms with E-state index in [0.717, 1.165) is 55.3 Å². The van der Waals surface area contributed by atoms with Crippen molar-refractivity contribution in [2.45, 2.75) is 0 Å². The molecule has 0 aliphatic rings. The molecule has 5 aromatic heterocycles. The average Bonchev–Trinajstić information content (AvgIpc) is 4.20. The first kappa shape index (κ1) is 40.2. The van der Waals surface area contributed by atoms with E-state index < -0.39 is 0 Å². The van der Waals surface area contributed by atoms with Gasteiger partial charge in [0.2, 0.25) is 0 Å². The summed E-state index contributed by atoms with van der Waals surface area (Å²) in [7, 11) is 0. The monoisotopic (exact) mass is 968 g/mol. The molecule has 0 bridgehead atoms. The summed E-state index contributed by atoms with van der Waals surface area (Å²) in [5, 5.41) is 14.5. The summed E-state index contributed by atoms with van der Waals surface area (Å²) in [6.45, 7) is 0. The van der Waals surface area contributed by atoms with Crippen molar-refractivity contribution in [3.8, 4) is 51.0 Å². The normalized spacial score (nSPS) is 12.2. The van der Waals surface area contributed by atoms with Gasteiger partial charge in [0, 0.05) is 93.7 Å². The fourth-order valence-corrected chi connectivity index (χ4v) is 14.7. The van der Waals surface area contributed by atoms with Crippen LogP contribution < -0.4 is 0 Å². The summed E-state index contributed by atoms with van der Waals surface area (Å²) in [5.41, 5.74) is 8.44. The predicted octanol–water partition coefficient (Wildman–Crippen LogP) is 19.0. The molecule has 16 rings (SSSR count). The van der Waals surface area contributed by atoms with Crippen molar-refractivity contribution in [2.24, 2.45) is 0 Å². The van der Waals surface area contributed by atoms with E-state index in [1.54, 1.807) is 0 Å². The molecule has 0 fully saturated rings. The summed E-state index contributed by atoms with van der Waals surface area (Å²) in [5.74, 6) is 1.92. The number of rotatable bonds is 5. The lowest BCUT2D eigenvalue weighted by Crippen LogP contribution is -2.02. The fourth-order valence-electron chi connectivity index (χ4n) is 11.3. The molecule has 7 heteroatoms. The van der Waals surface area contributed by atoms with Crippen LogP contribution in [0.1, 0.15) is 0 Å². The van der Waals surface area contributed by atoms with Gasteiger partial charge in [0.05, 0.1) is 11.0 Å². The maximum Gasteiger partial charge on any atom is 0.164 e. The Bertz CT molecular complexity index is 4730. The molecule has 0 unspecified atom stereocenters. The zero-order chi connectivity index (χ0) is 47.0. The Balaban J connectivity index is 1.01. The Labute approximate surface area is 424 Å². The summed E-state index contributed by atoms with van der Waals surface area (Å²) < 4.78 is 9.89. The minimum Gasteiger partial charge on any atom is -0.309 e. The van der Waals surface area contributed by atoms with Crippen LogP contribution in [0.25, 0.3) is 155 Å². The van der Waals surface area contributed by atoms with Crippen molar-refractivity contribution in [3.05, 3.63) is 218 Å². The lowest BCUT2D eigenvalue weighted by Gasteiger charge is -2.16. The topological polar surface area (TPSA) is 43.6 Å². The molecule has 0 atom stereocenters. The summed E-state index contributed by atoms with van der Waals surface area (Å²) in [4.78, 5) is 16.7. The smallest absolute Gasteiger partial charge is 0.164 e. The third-order valence-corrected chi connectivity index (χ3v) is 18.0. The third-order valence-electron chi connectivity index (χ3n) is 14.6. The Hall–Kier alpha value is -8.59. The highest BCUT2D eigenvalue weighted by atomic mass is 32.1. The summed E-state index contributed by atoms with van der Waals surface area (Å²) >= 11 is 5.46. The SMILES string of the molecule is c1ccc2cc3c(cc2c1)c1cc2ccccc2cc1n3-c1ccc(-c2nc(-c3cccc4sc5ccccc5c34)nc(-c3cccc4sc5ccccc5c34)n2)c(-c2ccc3sc4ccccc4c3c2)c1. The first-order valence-corrected chi connectivity index (χ1v) is 26.6. The fraction of sp³-hybridized carbons (Fsp3) is 0. The maximum atomic E-state index is 5.60. The van der Waals surface area contributed by atoms with Gasteiger partial charge >= 0.3 is 0 Å². The standard InChI is InChI=1S/C65H36N4S3/c1-3-15-39-34-53-50(31-37(39)13-1)51-32-38-14-2-4-16-40(38)35-54(51)69(53)42-28-29-44(49(36-42)41-27-30-58-52(33-41)43-17-5-8-22-55(43)70-58)63-66-64(47-20-11-25-59-61(47)45-18-6-9-23-56(45)71-59)68-65(67-63)48-21-12-26-60-62(48)46-19-7-10-24-57(46)72-60/h1-36H. The van der Waals surface area contributed by atoms with Crippen molar-refractivity contribution in [1.82, 2.24) is 19.5 Å². The van der Waals surface area contributed by atoms with Gasteiger partial charge in [-0.3, -0.25) is 0 Å². The Morgan fingerprint density at radius 1 is 0.278 bits per heavy atom. The van der Waals surface area contributed by atoms with E-state index in [1.165, 1.54) is 82.1 Å². The number of thiophene rings is 3. The molecule has 0 N–H and O–H groups in total. The van der Waals surface area contributed by atoms with Crippen LogP contribution in [0.5, 0.6) is 0 Å². The molecular formula is C65H36N4S3. The van der Waals surface area contributed by atoms with Crippen LogP contribution in [0.4, 0.5) is 0 Å². The highest BCUT2D eigenvalue weighted by molar-refractivity contribution is 7.26. The second-order valence-electron chi connectivity index (χ2n) is 18.7. The summed E-state index contributed by atoms with van der Waals surface area (Å²) in [6, 6.07) is 79.9. The van der Waals surface area contributed by atoms with Gasteiger partial charge in [-0.15, -0.1) is 34.0 Å². The first-order chi connectivity index (χ1) is 35.6. The molecule has 72 heavy (non-hydrogen) atoms. The van der Waals surface area contributed by atoms with Gasteiger partial charge in [-0.25, -0.2) is 15.0 Å². The third kappa shape index (κ3) is 6.05. The van der Waals surface area contributed by atoms with Crippen molar-refractivity contribution in [3.63, 3.8) is 0 Å². The summed E-state index contributed by atoms with van der Waals surface area (Å²) in [6.07, 6.45) is 0. The number of hydrogen-bond acceptors (Lipinski definition) is 6. The van der Waals surface area contributed by atoms with E-state index in [2.05, 4.69) is 223 Å². The quantitative estimate of drug-likeness (QED) is 0.173. The molecule has 11 aromatic carbocycles. The number of aromatic nitrogens is 4. The second kappa shape index (κ2) is 15.5. The highest BCUT2D eigenvalue weighted by Crippen LogP contribution is 2.45.